The maximum Gasteiger partial charge on any atom is 0.183 e. The third-order valence-electron chi connectivity index (χ3n) is 3.46. The van der Waals surface area contributed by atoms with Crippen molar-refractivity contribution in [1.29, 1.82) is 0 Å². The Hall–Kier alpha value is -3.54. The normalized spacial score (nSPS) is 13.2. The van der Waals surface area contributed by atoms with Crippen LogP contribution in [0.2, 0.25) is 0 Å². The van der Waals surface area contributed by atoms with Gasteiger partial charge in [-0.1, -0.05) is 60.7 Å². The number of azo groups is 1. The van der Waals surface area contributed by atoms with Crippen LogP contribution < -0.4 is 0 Å². The van der Waals surface area contributed by atoms with Gasteiger partial charge in [-0.3, -0.25) is 9.59 Å². The molecule has 0 atom stereocenters. The van der Waals surface area contributed by atoms with Gasteiger partial charge in [0, 0.05) is 25.0 Å². The van der Waals surface area contributed by atoms with Crippen LogP contribution in [0, 0.1) is 0 Å². The summed E-state index contributed by atoms with van der Waals surface area (Å²) in [6.45, 7) is 2.45. The Labute approximate surface area is 150 Å². The number of benzene rings is 2. The van der Waals surface area contributed by atoms with Gasteiger partial charge < -0.3 is 10.2 Å². The number of ketones is 2. The minimum atomic E-state index is -0.530. The van der Waals surface area contributed by atoms with E-state index in [9.17, 15) is 19.8 Å². The van der Waals surface area contributed by atoms with E-state index in [-0.39, 0.29) is 22.9 Å². The lowest BCUT2D eigenvalue weighted by molar-refractivity contribution is -0.114. The number of aliphatic hydroxyl groups excluding tert-OH is 2. The van der Waals surface area contributed by atoms with E-state index >= 15 is 0 Å². The number of rotatable bonds is 6. The highest BCUT2D eigenvalue weighted by Crippen LogP contribution is 2.21. The first kappa shape index (κ1) is 18.8. The number of Topliss-reactive ketones (excluding diaryl/α,β-unsaturated/α-hetero) is 2. The van der Waals surface area contributed by atoms with Crippen LogP contribution in [-0.2, 0) is 9.59 Å². The van der Waals surface area contributed by atoms with E-state index in [1.165, 1.54) is 13.8 Å². The maximum absolute atomic E-state index is 11.8. The molecule has 0 unspecified atom stereocenters. The van der Waals surface area contributed by atoms with Crippen LogP contribution in [0.5, 0.6) is 0 Å². The largest absolute Gasteiger partial charge is 0.505 e. The van der Waals surface area contributed by atoms with Crippen molar-refractivity contribution in [2.75, 3.05) is 0 Å². The smallest absolute Gasteiger partial charge is 0.183 e. The maximum atomic E-state index is 11.8. The van der Waals surface area contributed by atoms with Crippen LogP contribution in [0.4, 0.5) is 0 Å². The molecular formula is C20H18N2O4. The van der Waals surface area contributed by atoms with Crippen molar-refractivity contribution < 1.29 is 19.8 Å². The lowest BCUT2D eigenvalue weighted by Gasteiger charge is -2.05. The van der Waals surface area contributed by atoms with Crippen molar-refractivity contribution in [1.82, 2.24) is 0 Å². The van der Waals surface area contributed by atoms with Gasteiger partial charge in [0.1, 0.15) is 0 Å². The van der Waals surface area contributed by atoms with Crippen LogP contribution in [0.25, 0.3) is 11.5 Å². The Balaban J connectivity index is 2.51. The molecule has 0 aliphatic carbocycles. The number of hydrogen-bond donors (Lipinski definition) is 2. The van der Waals surface area contributed by atoms with Gasteiger partial charge in [0.15, 0.2) is 34.5 Å². The molecule has 0 fully saturated rings. The van der Waals surface area contributed by atoms with Gasteiger partial charge in [0.2, 0.25) is 0 Å². The molecule has 0 saturated heterocycles. The first-order valence-corrected chi connectivity index (χ1v) is 7.82. The Morgan fingerprint density at radius 3 is 1.23 bits per heavy atom. The van der Waals surface area contributed by atoms with Crippen LogP contribution in [0.3, 0.4) is 0 Å². The van der Waals surface area contributed by atoms with E-state index < -0.39 is 11.6 Å². The van der Waals surface area contributed by atoms with Gasteiger partial charge in [-0.25, -0.2) is 0 Å². The lowest BCUT2D eigenvalue weighted by atomic mass is 10.1. The first-order valence-electron chi connectivity index (χ1n) is 7.82. The highest BCUT2D eigenvalue weighted by molar-refractivity contribution is 6.00. The van der Waals surface area contributed by atoms with Crippen LogP contribution in [-0.4, -0.2) is 21.8 Å². The SMILES string of the molecule is CC(=O)C(/N=N/C(C(C)=O)=C(\O)c1ccccc1)=C(/O)c1ccccc1. The molecule has 0 saturated carbocycles. The average molecular weight is 350 g/mol. The summed E-state index contributed by atoms with van der Waals surface area (Å²) in [7, 11) is 0. The number of aliphatic hydroxyl groups is 2. The number of carbonyl (C=O) groups excluding carboxylic acids is 2. The molecule has 0 amide bonds. The van der Waals surface area contributed by atoms with Gasteiger partial charge >= 0.3 is 0 Å². The van der Waals surface area contributed by atoms with Crippen LogP contribution >= 0.6 is 0 Å². The predicted octanol–water partition coefficient (Wildman–Crippen LogP) is 4.47. The molecule has 0 aromatic heterocycles. The molecule has 26 heavy (non-hydrogen) atoms. The molecule has 0 bridgehead atoms. The second-order valence-corrected chi connectivity index (χ2v) is 5.44. The summed E-state index contributed by atoms with van der Waals surface area (Å²) in [4.78, 5) is 23.7. The fourth-order valence-electron chi connectivity index (χ4n) is 2.13. The Bertz CT molecular complexity index is 822. The third kappa shape index (κ3) is 4.51. The molecule has 2 aromatic rings. The Kier molecular flexibility index (Phi) is 6.16. The molecule has 6 heteroatoms. The standard InChI is InChI=1S/C20H18N2O4/c1-13(23)17(19(25)15-9-5-3-6-10-15)21-22-18(14(2)24)20(26)16-11-7-4-8-12-16/h3-12,25-26H,1-2H3/b19-17-,20-18-,22-21+. The summed E-state index contributed by atoms with van der Waals surface area (Å²) < 4.78 is 0. The lowest BCUT2D eigenvalue weighted by Crippen LogP contribution is -2.02. The topological polar surface area (TPSA) is 99.3 Å². The van der Waals surface area contributed by atoms with Gasteiger partial charge in [0.25, 0.3) is 0 Å². The highest BCUT2D eigenvalue weighted by atomic mass is 16.3. The molecule has 0 heterocycles. The first-order chi connectivity index (χ1) is 12.4. The molecule has 0 aliphatic rings. The van der Waals surface area contributed by atoms with Crippen molar-refractivity contribution in [2.45, 2.75) is 13.8 Å². The van der Waals surface area contributed by atoms with E-state index in [0.717, 1.165) is 0 Å². The summed E-state index contributed by atoms with van der Waals surface area (Å²) in [6, 6.07) is 16.7. The zero-order chi connectivity index (χ0) is 19.1. The molecule has 6 nitrogen and oxygen atoms in total. The molecule has 132 valence electrons. The second kappa shape index (κ2) is 8.53. The fourth-order valence-corrected chi connectivity index (χ4v) is 2.13. The molecule has 2 aromatic carbocycles. The minimum absolute atomic E-state index is 0.309. The quantitative estimate of drug-likeness (QED) is 0.456. The zero-order valence-corrected chi connectivity index (χ0v) is 14.4. The molecule has 2 rings (SSSR count). The van der Waals surface area contributed by atoms with E-state index in [1.807, 2.05) is 0 Å². The summed E-state index contributed by atoms with van der Waals surface area (Å²) in [5.74, 6) is -1.78. The van der Waals surface area contributed by atoms with Crippen molar-refractivity contribution in [2.24, 2.45) is 10.2 Å². The monoisotopic (exact) mass is 350 g/mol. The summed E-state index contributed by atoms with van der Waals surface area (Å²) in [6.07, 6.45) is 0. The van der Waals surface area contributed by atoms with Gasteiger partial charge in [-0.05, 0) is 0 Å². The minimum Gasteiger partial charge on any atom is -0.505 e. The van der Waals surface area contributed by atoms with E-state index in [2.05, 4.69) is 10.2 Å². The molecule has 2 N–H and O–H groups in total. The van der Waals surface area contributed by atoms with E-state index in [4.69, 9.17) is 0 Å². The van der Waals surface area contributed by atoms with Crippen LogP contribution in [0.1, 0.15) is 25.0 Å². The Morgan fingerprint density at radius 2 is 0.962 bits per heavy atom. The third-order valence-corrected chi connectivity index (χ3v) is 3.46. The Morgan fingerprint density at radius 1 is 0.654 bits per heavy atom. The fraction of sp³-hybridized carbons (Fsp3) is 0.100. The predicted molar refractivity (Wildman–Crippen MR) is 98.2 cm³/mol. The van der Waals surface area contributed by atoms with Crippen molar-refractivity contribution in [3.63, 3.8) is 0 Å². The second-order valence-electron chi connectivity index (χ2n) is 5.44. The summed E-state index contributed by atoms with van der Waals surface area (Å²) in [5, 5.41) is 28.1. The van der Waals surface area contributed by atoms with Gasteiger partial charge in [-0.15, -0.1) is 10.2 Å². The molecular weight excluding hydrogens is 332 g/mol. The number of allylic oxidation sites excluding steroid dienone is 2. The molecule has 0 radical (unpaired) electrons. The van der Waals surface area contributed by atoms with Crippen molar-refractivity contribution >= 4 is 23.1 Å². The number of hydrogen-bond acceptors (Lipinski definition) is 6. The van der Waals surface area contributed by atoms with E-state index in [0.29, 0.717) is 11.1 Å². The van der Waals surface area contributed by atoms with Crippen molar-refractivity contribution in [3.05, 3.63) is 83.2 Å². The highest BCUT2D eigenvalue weighted by Gasteiger charge is 2.16. The number of nitrogens with zero attached hydrogens (tertiary/aromatic N) is 2. The van der Waals surface area contributed by atoms with E-state index in [1.54, 1.807) is 60.7 Å². The van der Waals surface area contributed by atoms with Gasteiger partial charge in [0.05, 0.1) is 0 Å². The zero-order valence-electron chi connectivity index (χ0n) is 14.4. The van der Waals surface area contributed by atoms with Crippen LogP contribution in [0.15, 0.2) is 82.3 Å². The molecule has 0 aliphatic heterocycles. The average Bonchev–Trinajstić information content (AvgIpc) is 2.65. The van der Waals surface area contributed by atoms with Gasteiger partial charge in [-0.2, -0.15) is 0 Å². The summed E-state index contributed by atoms with van der Waals surface area (Å²) in [5.41, 5.74) is 0.154. The number of carbonyl (C=O) groups is 2. The summed E-state index contributed by atoms with van der Waals surface area (Å²) >= 11 is 0. The van der Waals surface area contributed by atoms with Crippen molar-refractivity contribution in [3.8, 4) is 0 Å². The molecule has 0 spiro atoms.